The average Bonchev–Trinajstić information content (AvgIpc) is 2.89. The van der Waals surface area contributed by atoms with Gasteiger partial charge in [0.1, 0.15) is 4.32 Å². The number of thiocarbonyl (C=S) groups is 1. The molecule has 6 heteroatoms. The number of anilines is 1. The number of rotatable bonds is 9. The Morgan fingerprint density at radius 1 is 1.24 bits per heavy atom. The van der Waals surface area contributed by atoms with Gasteiger partial charge >= 0.3 is 0 Å². The molecule has 4 nitrogen and oxygen atoms in total. The quantitative estimate of drug-likeness (QED) is 0.511. The Kier molecular flexibility index (Phi) is 7.90. The Morgan fingerprint density at radius 2 is 2.00 bits per heavy atom. The molecule has 0 aliphatic carbocycles. The summed E-state index contributed by atoms with van der Waals surface area (Å²) in [5.74, 6) is 0.196. The molecule has 1 fully saturated rings. The lowest BCUT2D eigenvalue weighted by atomic mass is 10.1. The molecule has 1 aliphatic rings. The third-order valence-corrected chi connectivity index (χ3v) is 6.08. The number of benzene rings is 1. The van der Waals surface area contributed by atoms with Crippen LogP contribution in [0.25, 0.3) is 0 Å². The van der Waals surface area contributed by atoms with Crippen molar-refractivity contribution in [1.29, 1.82) is 0 Å². The normalized spacial score (nSPS) is 17.2. The van der Waals surface area contributed by atoms with Gasteiger partial charge in [-0.3, -0.25) is 14.5 Å². The van der Waals surface area contributed by atoms with Crippen molar-refractivity contribution in [1.82, 2.24) is 4.90 Å². The molecule has 136 valence electrons. The minimum atomic E-state index is -0.00286. The SMILES string of the molecule is CCc1ccccc1NC(=O)CCCCCN1C(=O)C(CC)SC1=S. The van der Waals surface area contributed by atoms with Crippen LogP contribution in [0.5, 0.6) is 0 Å². The number of para-hydroxylation sites is 1. The van der Waals surface area contributed by atoms with Gasteiger partial charge in [-0.15, -0.1) is 0 Å². The number of carbonyl (C=O) groups is 2. The van der Waals surface area contributed by atoms with Crippen molar-refractivity contribution in [3.63, 3.8) is 0 Å². The second-order valence-electron chi connectivity index (χ2n) is 6.14. The lowest BCUT2D eigenvalue weighted by Crippen LogP contribution is -2.32. The van der Waals surface area contributed by atoms with Gasteiger partial charge in [0.05, 0.1) is 5.25 Å². The second-order valence-corrected chi connectivity index (χ2v) is 7.98. The Bertz CT molecular complexity index is 634. The van der Waals surface area contributed by atoms with Crippen LogP contribution in [-0.4, -0.2) is 32.8 Å². The van der Waals surface area contributed by atoms with E-state index in [1.165, 1.54) is 11.8 Å². The highest BCUT2D eigenvalue weighted by molar-refractivity contribution is 8.24. The highest BCUT2D eigenvalue weighted by Crippen LogP contribution is 2.29. The molecular weight excluding hydrogens is 352 g/mol. The first-order chi connectivity index (χ1) is 12.1. The lowest BCUT2D eigenvalue weighted by Gasteiger charge is -2.15. The summed E-state index contributed by atoms with van der Waals surface area (Å²) in [5.41, 5.74) is 2.06. The topological polar surface area (TPSA) is 49.4 Å². The summed E-state index contributed by atoms with van der Waals surface area (Å²) in [6.07, 6.45) is 4.83. The first kappa shape index (κ1) is 19.9. The fraction of sp³-hybridized carbons (Fsp3) is 0.526. The zero-order valence-electron chi connectivity index (χ0n) is 14.9. The summed E-state index contributed by atoms with van der Waals surface area (Å²) in [7, 11) is 0. The predicted octanol–water partition coefficient (Wildman–Crippen LogP) is 4.39. The number of unbranched alkanes of at least 4 members (excludes halogenated alkanes) is 2. The van der Waals surface area contributed by atoms with E-state index in [4.69, 9.17) is 12.2 Å². The number of carbonyl (C=O) groups excluding carboxylic acids is 2. The molecule has 0 bridgehead atoms. The van der Waals surface area contributed by atoms with E-state index in [9.17, 15) is 9.59 Å². The molecule has 0 spiro atoms. The molecule has 1 aliphatic heterocycles. The predicted molar refractivity (Wildman–Crippen MR) is 109 cm³/mol. The molecule has 1 heterocycles. The monoisotopic (exact) mass is 378 g/mol. The van der Waals surface area contributed by atoms with E-state index in [1.807, 2.05) is 31.2 Å². The van der Waals surface area contributed by atoms with Crippen LogP contribution in [0.15, 0.2) is 24.3 Å². The van der Waals surface area contributed by atoms with Crippen LogP contribution in [0.2, 0.25) is 0 Å². The average molecular weight is 379 g/mol. The number of amides is 2. The summed E-state index contributed by atoms with van der Waals surface area (Å²) < 4.78 is 0.700. The van der Waals surface area contributed by atoms with Gasteiger partial charge in [-0.25, -0.2) is 0 Å². The van der Waals surface area contributed by atoms with E-state index in [1.54, 1.807) is 4.90 Å². The van der Waals surface area contributed by atoms with Crippen LogP contribution in [0, 0.1) is 0 Å². The van der Waals surface area contributed by atoms with Crippen LogP contribution in [0.3, 0.4) is 0 Å². The first-order valence-corrected chi connectivity index (χ1v) is 10.2. The molecule has 1 aromatic rings. The molecule has 0 aromatic heterocycles. The van der Waals surface area contributed by atoms with E-state index < -0.39 is 0 Å². The smallest absolute Gasteiger partial charge is 0.241 e. The molecule has 0 radical (unpaired) electrons. The zero-order valence-corrected chi connectivity index (χ0v) is 16.5. The van der Waals surface area contributed by atoms with E-state index in [0.29, 0.717) is 17.3 Å². The molecule has 1 saturated heterocycles. The Morgan fingerprint density at radius 3 is 2.68 bits per heavy atom. The van der Waals surface area contributed by atoms with Crippen molar-refractivity contribution < 1.29 is 9.59 Å². The standard InChI is InChI=1S/C19H26N2O2S2/c1-3-14-10-7-8-11-15(14)20-17(22)12-6-5-9-13-21-18(23)16(4-2)25-19(21)24/h7-8,10-11,16H,3-6,9,12-13H2,1-2H3,(H,20,22). The lowest BCUT2D eigenvalue weighted by molar-refractivity contribution is -0.126. The summed E-state index contributed by atoms with van der Waals surface area (Å²) in [5, 5.41) is 2.99. The van der Waals surface area contributed by atoms with Gasteiger partial charge < -0.3 is 5.32 Å². The summed E-state index contributed by atoms with van der Waals surface area (Å²) in [4.78, 5) is 26.0. The number of thioether (sulfide) groups is 1. The third kappa shape index (κ3) is 5.54. The molecule has 1 unspecified atom stereocenters. The molecule has 1 atom stereocenters. The minimum absolute atomic E-state index is 0.00286. The van der Waals surface area contributed by atoms with Gasteiger partial charge in [0.15, 0.2) is 0 Å². The van der Waals surface area contributed by atoms with Gasteiger partial charge in [0.2, 0.25) is 11.8 Å². The van der Waals surface area contributed by atoms with Crippen molar-refractivity contribution in [2.75, 3.05) is 11.9 Å². The largest absolute Gasteiger partial charge is 0.326 e. The van der Waals surface area contributed by atoms with Crippen molar-refractivity contribution in [3.8, 4) is 0 Å². The summed E-state index contributed by atoms with van der Waals surface area (Å²) in [6, 6.07) is 7.90. The molecule has 1 N–H and O–H groups in total. The van der Waals surface area contributed by atoms with Crippen LogP contribution >= 0.6 is 24.0 Å². The fourth-order valence-electron chi connectivity index (χ4n) is 2.85. The Labute approximate surface area is 159 Å². The fourth-order valence-corrected chi connectivity index (χ4v) is 4.33. The third-order valence-electron chi connectivity index (χ3n) is 4.33. The van der Waals surface area contributed by atoms with Crippen LogP contribution in [0.1, 0.15) is 51.5 Å². The highest BCUT2D eigenvalue weighted by atomic mass is 32.2. The van der Waals surface area contributed by atoms with E-state index >= 15 is 0 Å². The molecule has 0 saturated carbocycles. The van der Waals surface area contributed by atoms with Gasteiger partial charge in [-0.1, -0.05) is 62.4 Å². The van der Waals surface area contributed by atoms with Crippen molar-refractivity contribution in [2.24, 2.45) is 0 Å². The van der Waals surface area contributed by atoms with E-state index in [-0.39, 0.29) is 17.1 Å². The Balaban J connectivity index is 1.67. The van der Waals surface area contributed by atoms with Gasteiger partial charge in [-0.05, 0) is 37.3 Å². The van der Waals surface area contributed by atoms with Crippen molar-refractivity contribution >= 4 is 45.8 Å². The molecule has 2 rings (SSSR count). The van der Waals surface area contributed by atoms with Crippen LogP contribution in [0.4, 0.5) is 5.69 Å². The molecule has 1 aromatic carbocycles. The highest BCUT2D eigenvalue weighted by Gasteiger charge is 2.34. The number of nitrogens with one attached hydrogen (secondary N) is 1. The second kappa shape index (κ2) is 9.92. The van der Waals surface area contributed by atoms with Crippen molar-refractivity contribution in [3.05, 3.63) is 29.8 Å². The van der Waals surface area contributed by atoms with Gasteiger partial charge in [0.25, 0.3) is 0 Å². The Hall–Kier alpha value is -1.40. The van der Waals surface area contributed by atoms with E-state index in [0.717, 1.165) is 43.4 Å². The first-order valence-electron chi connectivity index (χ1n) is 8.96. The minimum Gasteiger partial charge on any atom is -0.326 e. The molecule has 2 amide bonds. The summed E-state index contributed by atoms with van der Waals surface area (Å²) in [6.45, 7) is 4.76. The van der Waals surface area contributed by atoms with Crippen molar-refractivity contribution in [2.45, 2.75) is 57.6 Å². The van der Waals surface area contributed by atoms with Crippen LogP contribution < -0.4 is 5.32 Å². The maximum atomic E-state index is 12.1. The number of hydrogen-bond acceptors (Lipinski definition) is 4. The van der Waals surface area contributed by atoms with Crippen LogP contribution in [-0.2, 0) is 16.0 Å². The van der Waals surface area contributed by atoms with E-state index in [2.05, 4.69) is 12.2 Å². The summed E-state index contributed by atoms with van der Waals surface area (Å²) >= 11 is 6.78. The molecular formula is C19H26N2O2S2. The van der Waals surface area contributed by atoms with Gasteiger partial charge in [-0.2, -0.15) is 0 Å². The van der Waals surface area contributed by atoms with Gasteiger partial charge in [0, 0.05) is 18.7 Å². The zero-order chi connectivity index (χ0) is 18.2. The number of hydrogen-bond donors (Lipinski definition) is 1. The molecule has 25 heavy (non-hydrogen) atoms. The maximum Gasteiger partial charge on any atom is 0.241 e. The number of nitrogens with zero attached hydrogens (tertiary/aromatic N) is 1. The number of aryl methyl sites for hydroxylation is 1. The maximum absolute atomic E-state index is 12.1.